The second-order valence-corrected chi connectivity index (χ2v) is 8.56. The van der Waals surface area contributed by atoms with E-state index in [0.717, 1.165) is 0 Å². The van der Waals surface area contributed by atoms with Gasteiger partial charge in [-0.3, -0.25) is 28.8 Å². The van der Waals surface area contributed by atoms with Crippen molar-refractivity contribution in [3.63, 3.8) is 0 Å². The maximum absolute atomic E-state index is 12.8. The van der Waals surface area contributed by atoms with Crippen molar-refractivity contribution in [2.45, 2.75) is 83.0 Å². The molecule has 0 rings (SSSR count). The summed E-state index contributed by atoms with van der Waals surface area (Å²) in [7, 11) is 0. The van der Waals surface area contributed by atoms with Crippen molar-refractivity contribution >= 4 is 41.6 Å². The molecule has 0 saturated heterocycles. The summed E-state index contributed by atoms with van der Waals surface area (Å²) in [5.41, 5.74) is 5.61. The van der Waals surface area contributed by atoms with Gasteiger partial charge in [0.25, 0.3) is 0 Å². The van der Waals surface area contributed by atoms with Crippen LogP contribution in [0.2, 0.25) is 0 Å². The maximum Gasteiger partial charge on any atom is 0.326 e. The Morgan fingerprint density at radius 3 is 1.33 bits per heavy atom. The second-order valence-electron chi connectivity index (χ2n) is 8.56. The maximum atomic E-state index is 12.8. The predicted octanol–water partition coefficient (Wildman–Crippen LogP) is -1.51. The van der Waals surface area contributed by atoms with Gasteiger partial charge >= 0.3 is 23.9 Å². The van der Waals surface area contributed by atoms with Crippen molar-refractivity contribution in [1.29, 1.82) is 0 Å². The molecule has 0 saturated carbocycles. The number of nitrogens with two attached hydrogens (primary N) is 1. The van der Waals surface area contributed by atoms with E-state index in [0.29, 0.717) is 0 Å². The molecule has 9 N–H and O–H groups in total. The van der Waals surface area contributed by atoms with Crippen LogP contribution in [0.5, 0.6) is 0 Å². The summed E-state index contributed by atoms with van der Waals surface area (Å²) in [5, 5.41) is 42.7. The van der Waals surface area contributed by atoms with Crippen molar-refractivity contribution < 1.29 is 54.0 Å². The molecule has 0 bridgehead atoms. The molecule has 0 fully saturated rings. The molecule has 0 aliphatic carbocycles. The summed E-state index contributed by atoms with van der Waals surface area (Å²) in [6, 6.07) is -5.64. The number of rotatable bonds is 18. The van der Waals surface area contributed by atoms with E-state index in [4.69, 9.17) is 21.1 Å². The Balaban J connectivity index is 5.63. The van der Waals surface area contributed by atoms with E-state index < -0.39 is 97.9 Å². The van der Waals surface area contributed by atoms with Crippen LogP contribution in [0.4, 0.5) is 0 Å². The zero-order chi connectivity index (χ0) is 28.0. The molecule has 0 radical (unpaired) electrons. The average Bonchev–Trinajstić information content (AvgIpc) is 2.75. The molecule has 0 heterocycles. The van der Waals surface area contributed by atoms with Crippen molar-refractivity contribution in [1.82, 2.24) is 16.0 Å². The van der Waals surface area contributed by atoms with Crippen LogP contribution in [0, 0.1) is 5.92 Å². The van der Waals surface area contributed by atoms with Crippen molar-refractivity contribution in [3.05, 3.63) is 0 Å². The fourth-order valence-corrected chi connectivity index (χ4v) is 3.00. The molecule has 0 aromatic rings. The Hall–Kier alpha value is -3.75. The Kier molecular flexibility index (Phi) is 14.4. The minimum Gasteiger partial charge on any atom is -0.481 e. The van der Waals surface area contributed by atoms with Crippen molar-refractivity contribution in [2.24, 2.45) is 11.7 Å². The largest absolute Gasteiger partial charge is 0.481 e. The highest BCUT2D eigenvalue weighted by molar-refractivity contribution is 5.94. The quantitative estimate of drug-likeness (QED) is 0.103. The molecule has 36 heavy (non-hydrogen) atoms. The molecule has 4 atom stereocenters. The van der Waals surface area contributed by atoms with Crippen LogP contribution in [0.3, 0.4) is 0 Å². The number of hydrogen-bond acceptors (Lipinski definition) is 8. The van der Waals surface area contributed by atoms with Gasteiger partial charge in [-0.2, -0.15) is 0 Å². The molecule has 0 aliphatic heterocycles. The Morgan fingerprint density at radius 2 is 0.972 bits per heavy atom. The number of carboxylic acids is 4. The van der Waals surface area contributed by atoms with Crippen molar-refractivity contribution in [2.75, 3.05) is 0 Å². The topological polar surface area (TPSA) is 263 Å². The normalized spacial score (nSPS) is 14.1. The average molecular weight is 519 g/mol. The van der Waals surface area contributed by atoms with E-state index >= 15 is 0 Å². The zero-order valence-electron chi connectivity index (χ0n) is 20.1. The van der Waals surface area contributed by atoms with Gasteiger partial charge in [0.2, 0.25) is 17.7 Å². The number of carbonyl (C=O) groups is 7. The lowest BCUT2D eigenvalue weighted by Crippen LogP contribution is -2.57. The third-order valence-electron chi connectivity index (χ3n) is 4.89. The van der Waals surface area contributed by atoms with E-state index in [9.17, 15) is 38.7 Å². The standard InChI is InChI=1S/C21H34N4O11/c1-10(2)9-14(21(35)36)25-20(34)13(5-8-17(30)31)24-19(33)12(4-7-16(28)29)23-18(32)11(22)3-6-15(26)27/h10-14H,3-9,22H2,1-2H3,(H,23,32)(H,24,33)(H,25,34)(H,26,27)(H,28,29)(H,30,31)(H,35,36). The van der Waals surface area contributed by atoms with Gasteiger partial charge < -0.3 is 42.1 Å². The molecule has 0 aliphatic rings. The predicted molar refractivity (Wildman–Crippen MR) is 121 cm³/mol. The van der Waals surface area contributed by atoms with E-state index in [1.165, 1.54) is 0 Å². The first-order valence-electron chi connectivity index (χ1n) is 11.2. The van der Waals surface area contributed by atoms with Gasteiger partial charge in [-0.25, -0.2) is 4.79 Å². The summed E-state index contributed by atoms with van der Waals surface area (Å²) < 4.78 is 0. The SMILES string of the molecule is CC(C)CC(NC(=O)C(CCC(=O)O)NC(=O)C(CCC(=O)O)NC(=O)C(N)CCC(=O)O)C(=O)O. The molecule has 0 aromatic carbocycles. The molecule has 4 unspecified atom stereocenters. The van der Waals surface area contributed by atoms with Gasteiger partial charge in [-0.05, 0) is 31.6 Å². The molecule has 15 nitrogen and oxygen atoms in total. The third-order valence-corrected chi connectivity index (χ3v) is 4.89. The number of carbonyl (C=O) groups excluding carboxylic acids is 3. The summed E-state index contributed by atoms with van der Waals surface area (Å²) in [5.74, 6) is -8.18. The van der Waals surface area contributed by atoms with Crippen LogP contribution in [0.1, 0.15) is 58.8 Å². The minimum absolute atomic E-state index is 0.0617. The highest BCUT2D eigenvalue weighted by Gasteiger charge is 2.31. The van der Waals surface area contributed by atoms with Gasteiger partial charge in [-0.15, -0.1) is 0 Å². The molecular formula is C21H34N4O11. The fraction of sp³-hybridized carbons (Fsp3) is 0.667. The van der Waals surface area contributed by atoms with Crippen LogP contribution in [0.15, 0.2) is 0 Å². The number of carboxylic acid groups (broad SMARTS) is 4. The zero-order valence-corrected chi connectivity index (χ0v) is 20.1. The van der Waals surface area contributed by atoms with Crippen LogP contribution in [-0.2, 0) is 33.6 Å². The molecule has 15 heteroatoms. The first kappa shape index (κ1) is 32.2. The summed E-state index contributed by atoms with van der Waals surface area (Å²) >= 11 is 0. The monoisotopic (exact) mass is 518 g/mol. The smallest absolute Gasteiger partial charge is 0.326 e. The van der Waals surface area contributed by atoms with Gasteiger partial charge in [0.15, 0.2) is 0 Å². The first-order chi connectivity index (χ1) is 16.6. The molecule has 0 spiro atoms. The Labute approximate surface area is 206 Å². The van der Waals surface area contributed by atoms with E-state index in [1.54, 1.807) is 13.8 Å². The highest BCUT2D eigenvalue weighted by atomic mass is 16.4. The molecular weight excluding hydrogens is 484 g/mol. The molecule has 204 valence electrons. The van der Waals surface area contributed by atoms with Crippen LogP contribution in [-0.4, -0.2) is 86.2 Å². The first-order valence-corrected chi connectivity index (χ1v) is 11.2. The lowest BCUT2D eigenvalue weighted by Gasteiger charge is -2.25. The Bertz CT molecular complexity index is 831. The highest BCUT2D eigenvalue weighted by Crippen LogP contribution is 2.08. The second kappa shape index (κ2) is 16.0. The van der Waals surface area contributed by atoms with E-state index in [2.05, 4.69) is 16.0 Å². The third kappa shape index (κ3) is 13.8. The number of aliphatic carboxylic acids is 4. The summed E-state index contributed by atoms with van der Waals surface area (Å²) in [6.45, 7) is 3.45. The van der Waals surface area contributed by atoms with Gasteiger partial charge in [-0.1, -0.05) is 13.8 Å². The number of nitrogens with one attached hydrogen (secondary N) is 3. The van der Waals surface area contributed by atoms with E-state index in [-0.39, 0.29) is 18.8 Å². The van der Waals surface area contributed by atoms with Crippen LogP contribution >= 0.6 is 0 Å². The fourth-order valence-electron chi connectivity index (χ4n) is 3.00. The lowest BCUT2D eigenvalue weighted by atomic mass is 10.0. The van der Waals surface area contributed by atoms with Crippen molar-refractivity contribution in [3.8, 4) is 0 Å². The molecule has 0 aromatic heterocycles. The van der Waals surface area contributed by atoms with Gasteiger partial charge in [0.1, 0.15) is 18.1 Å². The van der Waals surface area contributed by atoms with Gasteiger partial charge in [0.05, 0.1) is 6.04 Å². The van der Waals surface area contributed by atoms with Gasteiger partial charge in [0, 0.05) is 19.3 Å². The number of amides is 3. The molecule has 3 amide bonds. The number of hydrogen-bond donors (Lipinski definition) is 8. The summed E-state index contributed by atoms with van der Waals surface area (Å²) in [4.78, 5) is 82.0. The minimum atomic E-state index is -1.51. The lowest BCUT2D eigenvalue weighted by molar-refractivity contribution is -0.143. The summed E-state index contributed by atoms with van der Waals surface area (Å²) in [6.07, 6.45) is -2.60. The van der Waals surface area contributed by atoms with E-state index in [1.807, 2.05) is 0 Å². The Morgan fingerprint density at radius 1 is 0.611 bits per heavy atom. The van der Waals surface area contributed by atoms with Crippen LogP contribution < -0.4 is 21.7 Å². The van der Waals surface area contributed by atoms with Crippen LogP contribution in [0.25, 0.3) is 0 Å².